The van der Waals surface area contributed by atoms with Crippen LogP contribution in [0, 0.1) is 11.8 Å². The molecule has 0 bridgehead atoms. The molecule has 0 amide bonds. The van der Waals surface area contributed by atoms with Crippen molar-refractivity contribution in [2.75, 3.05) is 20.1 Å². The molecule has 1 saturated heterocycles. The standard InChI is InChI=1S/C16H23BrN2/c1-19(10-12-5-7-14(17)8-6-12)11-16-15-4-2-3-13(15)9-18-16/h5-8,13,15-16,18H,2-4,9-11H2,1H3. The van der Waals surface area contributed by atoms with Gasteiger partial charge in [0.15, 0.2) is 0 Å². The Balaban J connectivity index is 1.53. The first kappa shape index (κ1) is 13.6. The van der Waals surface area contributed by atoms with Gasteiger partial charge in [0.1, 0.15) is 0 Å². The summed E-state index contributed by atoms with van der Waals surface area (Å²) in [6.07, 6.45) is 4.34. The molecule has 1 aromatic rings. The van der Waals surface area contributed by atoms with Crippen molar-refractivity contribution >= 4 is 15.9 Å². The lowest BCUT2D eigenvalue weighted by Gasteiger charge is -2.25. The predicted octanol–water partition coefficient (Wildman–Crippen LogP) is 3.27. The van der Waals surface area contributed by atoms with E-state index in [0.717, 1.165) is 22.9 Å². The van der Waals surface area contributed by atoms with Gasteiger partial charge in [0.2, 0.25) is 0 Å². The van der Waals surface area contributed by atoms with E-state index in [1.165, 1.54) is 37.9 Å². The first-order chi connectivity index (χ1) is 9.22. The third kappa shape index (κ3) is 3.21. The fourth-order valence-electron chi connectivity index (χ4n) is 3.80. The second kappa shape index (κ2) is 5.94. The molecule has 3 heteroatoms. The van der Waals surface area contributed by atoms with Gasteiger partial charge >= 0.3 is 0 Å². The highest BCUT2D eigenvalue weighted by Gasteiger charge is 2.38. The first-order valence-corrected chi connectivity index (χ1v) is 8.18. The van der Waals surface area contributed by atoms with Gasteiger partial charge in [0.05, 0.1) is 0 Å². The number of rotatable bonds is 4. The summed E-state index contributed by atoms with van der Waals surface area (Å²) in [5, 5.41) is 3.74. The topological polar surface area (TPSA) is 15.3 Å². The highest BCUT2D eigenvalue weighted by atomic mass is 79.9. The molecule has 2 fully saturated rings. The third-order valence-corrected chi connectivity index (χ3v) is 5.28. The van der Waals surface area contributed by atoms with Crippen LogP contribution in [0.4, 0.5) is 0 Å². The zero-order valence-corrected chi connectivity index (χ0v) is 13.2. The Hall–Kier alpha value is -0.380. The van der Waals surface area contributed by atoms with Gasteiger partial charge in [0, 0.05) is 23.6 Å². The molecule has 1 aromatic carbocycles. The second-order valence-electron chi connectivity index (χ2n) is 6.19. The molecule has 3 unspecified atom stereocenters. The number of nitrogens with one attached hydrogen (secondary N) is 1. The molecule has 1 saturated carbocycles. The minimum Gasteiger partial charge on any atom is -0.312 e. The van der Waals surface area contributed by atoms with Crippen LogP contribution in [0.25, 0.3) is 0 Å². The van der Waals surface area contributed by atoms with Crippen LogP contribution in [0.3, 0.4) is 0 Å². The van der Waals surface area contributed by atoms with Gasteiger partial charge in [0.25, 0.3) is 0 Å². The fourth-order valence-corrected chi connectivity index (χ4v) is 4.07. The van der Waals surface area contributed by atoms with Gasteiger partial charge in [-0.2, -0.15) is 0 Å². The molecule has 1 aliphatic heterocycles. The number of hydrogen-bond acceptors (Lipinski definition) is 2. The van der Waals surface area contributed by atoms with E-state index < -0.39 is 0 Å². The highest BCUT2D eigenvalue weighted by Crippen LogP contribution is 2.37. The van der Waals surface area contributed by atoms with Crippen LogP contribution in [-0.2, 0) is 6.54 Å². The molecular weight excluding hydrogens is 300 g/mol. The Morgan fingerprint density at radius 1 is 1.26 bits per heavy atom. The van der Waals surface area contributed by atoms with Crippen molar-refractivity contribution in [2.45, 2.75) is 31.8 Å². The van der Waals surface area contributed by atoms with Gasteiger partial charge in [-0.1, -0.05) is 34.5 Å². The summed E-state index contributed by atoms with van der Waals surface area (Å²) in [5.41, 5.74) is 1.40. The first-order valence-electron chi connectivity index (χ1n) is 7.39. The van der Waals surface area contributed by atoms with Gasteiger partial charge in [-0.05, 0) is 56.0 Å². The van der Waals surface area contributed by atoms with Crippen LogP contribution in [0.5, 0.6) is 0 Å². The Bertz CT molecular complexity index is 417. The van der Waals surface area contributed by atoms with E-state index in [9.17, 15) is 0 Å². The lowest BCUT2D eigenvalue weighted by Crippen LogP contribution is -2.38. The van der Waals surface area contributed by atoms with Crippen molar-refractivity contribution in [1.29, 1.82) is 0 Å². The molecule has 3 rings (SSSR count). The summed E-state index contributed by atoms with van der Waals surface area (Å²) in [5.74, 6) is 1.90. The van der Waals surface area contributed by atoms with E-state index in [1.54, 1.807) is 0 Å². The Morgan fingerprint density at radius 3 is 2.84 bits per heavy atom. The molecule has 19 heavy (non-hydrogen) atoms. The lowest BCUT2D eigenvalue weighted by atomic mass is 9.94. The Morgan fingerprint density at radius 2 is 2.05 bits per heavy atom. The van der Waals surface area contributed by atoms with Gasteiger partial charge in [-0.3, -0.25) is 0 Å². The molecule has 104 valence electrons. The summed E-state index contributed by atoms with van der Waals surface area (Å²) >= 11 is 3.49. The van der Waals surface area contributed by atoms with E-state index in [1.807, 2.05) is 0 Å². The van der Waals surface area contributed by atoms with E-state index in [4.69, 9.17) is 0 Å². The van der Waals surface area contributed by atoms with Gasteiger partial charge < -0.3 is 10.2 Å². The normalized spacial score (nSPS) is 29.9. The van der Waals surface area contributed by atoms with Crippen LogP contribution < -0.4 is 5.32 Å². The number of halogens is 1. The molecule has 0 aromatic heterocycles. The minimum atomic E-state index is 0.716. The SMILES string of the molecule is CN(Cc1ccc(Br)cc1)CC1NCC2CCCC21. The highest BCUT2D eigenvalue weighted by molar-refractivity contribution is 9.10. The average Bonchev–Trinajstić information content (AvgIpc) is 2.97. The maximum atomic E-state index is 3.74. The van der Waals surface area contributed by atoms with Crippen molar-refractivity contribution < 1.29 is 0 Å². The third-order valence-electron chi connectivity index (χ3n) is 4.75. The molecule has 3 atom stereocenters. The number of benzene rings is 1. The van der Waals surface area contributed by atoms with Gasteiger partial charge in [-0.15, -0.1) is 0 Å². The predicted molar refractivity (Wildman–Crippen MR) is 83.1 cm³/mol. The quantitative estimate of drug-likeness (QED) is 0.915. The zero-order valence-electron chi connectivity index (χ0n) is 11.6. The second-order valence-corrected chi connectivity index (χ2v) is 7.11. The molecule has 0 radical (unpaired) electrons. The van der Waals surface area contributed by atoms with Gasteiger partial charge in [-0.25, -0.2) is 0 Å². The van der Waals surface area contributed by atoms with Crippen molar-refractivity contribution in [3.8, 4) is 0 Å². The maximum absolute atomic E-state index is 3.74. The van der Waals surface area contributed by atoms with Crippen molar-refractivity contribution in [2.24, 2.45) is 11.8 Å². The van der Waals surface area contributed by atoms with E-state index in [2.05, 4.69) is 57.5 Å². The van der Waals surface area contributed by atoms with E-state index in [-0.39, 0.29) is 0 Å². The average molecular weight is 323 g/mol. The van der Waals surface area contributed by atoms with Crippen molar-refractivity contribution in [1.82, 2.24) is 10.2 Å². The minimum absolute atomic E-state index is 0.716. The number of likely N-dealkylation sites (N-methyl/N-ethyl adjacent to an activating group) is 1. The largest absolute Gasteiger partial charge is 0.312 e. The van der Waals surface area contributed by atoms with Crippen molar-refractivity contribution in [3.05, 3.63) is 34.3 Å². The number of fused-ring (bicyclic) bond motifs is 1. The molecule has 1 aliphatic carbocycles. The Labute approximate surface area is 124 Å². The van der Waals surface area contributed by atoms with E-state index in [0.29, 0.717) is 6.04 Å². The van der Waals surface area contributed by atoms with Crippen LogP contribution in [0.15, 0.2) is 28.7 Å². The van der Waals surface area contributed by atoms with Crippen LogP contribution in [-0.4, -0.2) is 31.1 Å². The zero-order chi connectivity index (χ0) is 13.2. The van der Waals surface area contributed by atoms with Crippen LogP contribution >= 0.6 is 15.9 Å². The van der Waals surface area contributed by atoms with Crippen LogP contribution in [0.1, 0.15) is 24.8 Å². The molecule has 0 spiro atoms. The summed E-state index contributed by atoms with van der Waals surface area (Å²) in [4.78, 5) is 2.46. The Kier molecular flexibility index (Phi) is 4.25. The number of nitrogens with zero attached hydrogens (tertiary/aromatic N) is 1. The monoisotopic (exact) mass is 322 g/mol. The summed E-state index contributed by atoms with van der Waals surface area (Å²) in [6.45, 7) is 3.47. The summed E-state index contributed by atoms with van der Waals surface area (Å²) in [6, 6.07) is 9.39. The van der Waals surface area contributed by atoms with E-state index >= 15 is 0 Å². The molecule has 2 nitrogen and oxygen atoms in total. The lowest BCUT2D eigenvalue weighted by molar-refractivity contribution is 0.259. The van der Waals surface area contributed by atoms with Crippen LogP contribution in [0.2, 0.25) is 0 Å². The molecule has 1 N–H and O–H groups in total. The number of hydrogen-bond donors (Lipinski definition) is 1. The summed E-state index contributed by atoms with van der Waals surface area (Å²) < 4.78 is 1.16. The fraction of sp³-hybridized carbons (Fsp3) is 0.625. The maximum Gasteiger partial charge on any atom is 0.0231 e. The molecular formula is C16H23BrN2. The van der Waals surface area contributed by atoms with Crippen molar-refractivity contribution in [3.63, 3.8) is 0 Å². The summed E-state index contributed by atoms with van der Waals surface area (Å²) in [7, 11) is 2.24. The smallest absolute Gasteiger partial charge is 0.0231 e. The molecule has 1 heterocycles. The molecule has 2 aliphatic rings.